The zero-order valence-corrected chi connectivity index (χ0v) is 9.94. The molecule has 0 radical (unpaired) electrons. The van der Waals surface area contributed by atoms with E-state index in [2.05, 4.69) is 0 Å². The zero-order chi connectivity index (χ0) is 12.1. The molecule has 0 bridgehead atoms. The highest BCUT2D eigenvalue weighted by Crippen LogP contribution is 2.16. The second kappa shape index (κ2) is 5.53. The smallest absolute Gasteiger partial charge is 0.201 e. The van der Waals surface area contributed by atoms with Crippen LogP contribution in [0.25, 0.3) is 0 Å². The van der Waals surface area contributed by atoms with E-state index in [1.807, 2.05) is 30.3 Å². The van der Waals surface area contributed by atoms with Crippen molar-refractivity contribution < 1.29 is 14.3 Å². The fourth-order valence-electron chi connectivity index (χ4n) is 1.81. The molecule has 1 aliphatic heterocycles. The number of hydrogen-bond donors (Lipinski definition) is 0. The summed E-state index contributed by atoms with van der Waals surface area (Å²) in [4.78, 5) is 11.9. The number of ketones is 1. The van der Waals surface area contributed by atoms with Crippen LogP contribution in [0.4, 0.5) is 0 Å². The standard InChI is InChI=1S/C14H16O3/c1-16-12-6-4-5-11(9-12)10-13(15)14-7-2-3-8-17-14/h4-7,9H,2-3,8,10H2,1H3. The first-order chi connectivity index (χ1) is 8.29. The summed E-state index contributed by atoms with van der Waals surface area (Å²) in [6.07, 6.45) is 4.17. The number of hydrogen-bond acceptors (Lipinski definition) is 3. The molecule has 0 saturated heterocycles. The van der Waals surface area contributed by atoms with Gasteiger partial charge >= 0.3 is 0 Å². The van der Waals surface area contributed by atoms with E-state index in [1.54, 1.807) is 7.11 Å². The predicted molar refractivity (Wildman–Crippen MR) is 65.0 cm³/mol. The third-order valence-electron chi connectivity index (χ3n) is 2.71. The number of rotatable bonds is 4. The highest BCUT2D eigenvalue weighted by Gasteiger charge is 2.14. The molecule has 1 heterocycles. The Balaban J connectivity index is 2.04. The van der Waals surface area contributed by atoms with Gasteiger partial charge in [0.2, 0.25) is 5.78 Å². The van der Waals surface area contributed by atoms with Gasteiger partial charge in [0.05, 0.1) is 13.7 Å². The summed E-state index contributed by atoms with van der Waals surface area (Å²) >= 11 is 0. The van der Waals surface area contributed by atoms with Crippen LogP contribution in [-0.2, 0) is 16.0 Å². The van der Waals surface area contributed by atoms with E-state index in [-0.39, 0.29) is 5.78 Å². The van der Waals surface area contributed by atoms with Gasteiger partial charge in [-0.3, -0.25) is 4.79 Å². The van der Waals surface area contributed by atoms with Gasteiger partial charge in [-0.1, -0.05) is 12.1 Å². The molecule has 3 heteroatoms. The van der Waals surface area contributed by atoms with Crippen molar-refractivity contribution in [3.63, 3.8) is 0 Å². The van der Waals surface area contributed by atoms with Crippen LogP contribution in [0.1, 0.15) is 18.4 Å². The summed E-state index contributed by atoms with van der Waals surface area (Å²) in [7, 11) is 1.62. The third-order valence-corrected chi connectivity index (χ3v) is 2.71. The molecule has 0 aliphatic carbocycles. The zero-order valence-electron chi connectivity index (χ0n) is 9.94. The van der Waals surface area contributed by atoms with Gasteiger partial charge in [0, 0.05) is 6.42 Å². The summed E-state index contributed by atoms with van der Waals surface area (Å²) < 4.78 is 10.5. The lowest BCUT2D eigenvalue weighted by Crippen LogP contribution is -2.13. The second-order valence-electron chi connectivity index (χ2n) is 4.01. The van der Waals surface area contributed by atoms with Gasteiger partial charge in [0.1, 0.15) is 5.75 Å². The fraction of sp³-hybridized carbons (Fsp3) is 0.357. The molecular formula is C14H16O3. The van der Waals surface area contributed by atoms with Gasteiger partial charge in [0.15, 0.2) is 5.76 Å². The summed E-state index contributed by atoms with van der Waals surface area (Å²) in [6.45, 7) is 0.648. The molecule has 0 atom stereocenters. The summed E-state index contributed by atoms with van der Waals surface area (Å²) in [6, 6.07) is 7.55. The molecule has 0 spiro atoms. The van der Waals surface area contributed by atoms with Crippen molar-refractivity contribution in [2.45, 2.75) is 19.3 Å². The molecule has 0 amide bonds. The monoisotopic (exact) mass is 232 g/mol. The average Bonchev–Trinajstić information content (AvgIpc) is 2.40. The SMILES string of the molecule is COc1cccc(CC(=O)C2=CCCCO2)c1. The average molecular weight is 232 g/mol. The lowest BCUT2D eigenvalue weighted by molar-refractivity contribution is -0.118. The number of carbonyl (C=O) groups excluding carboxylic acids is 1. The van der Waals surface area contributed by atoms with Gasteiger partial charge < -0.3 is 9.47 Å². The largest absolute Gasteiger partial charge is 0.497 e. The molecule has 1 aliphatic rings. The number of methoxy groups -OCH3 is 1. The van der Waals surface area contributed by atoms with E-state index >= 15 is 0 Å². The highest BCUT2D eigenvalue weighted by atomic mass is 16.5. The van der Waals surface area contributed by atoms with Gasteiger partial charge in [-0.25, -0.2) is 0 Å². The Morgan fingerprint density at radius 2 is 2.35 bits per heavy atom. The molecule has 0 N–H and O–H groups in total. The van der Waals surface area contributed by atoms with Crippen LogP contribution in [0.3, 0.4) is 0 Å². The lowest BCUT2D eigenvalue weighted by atomic mass is 10.1. The van der Waals surface area contributed by atoms with Gasteiger partial charge in [-0.2, -0.15) is 0 Å². The molecule has 0 aromatic heterocycles. The first-order valence-corrected chi connectivity index (χ1v) is 5.78. The molecule has 0 unspecified atom stereocenters. The molecular weight excluding hydrogens is 216 g/mol. The molecule has 90 valence electrons. The van der Waals surface area contributed by atoms with Gasteiger partial charge in [-0.15, -0.1) is 0 Å². The van der Waals surface area contributed by atoms with E-state index < -0.39 is 0 Å². The number of carbonyl (C=O) groups is 1. The van der Waals surface area contributed by atoms with Crippen molar-refractivity contribution in [2.75, 3.05) is 13.7 Å². The molecule has 2 rings (SSSR count). The first kappa shape index (κ1) is 11.7. The first-order valence-electron chi connectivity index (χ1n) is 5.78. The van der Waals surface area contributed by atoms with Crippen LogP contribution in [0, 0.1) is 0 Å². The minimum absolute atomic E-state index is 0.0398. The van der Waals surface area contributed by atoms with Gasteiger partial charge in [-0.05, 0) is 36.6 Å². The quantitative estimate of drug-likeness (QED) is 0.800. The minimum Gasteiger partial charge on any atom is -0.497 e. The number of benzene rings is 1. The topological polar surface area (TPSA) is 35.5 Å². The van der Waals surface area contributed by atoms with Crippen molar-refractivity contribution in [1.29, 1.82) is 0 Å². The van der Waals surface area contributed by atoms with Crippen LogP contribution in [0.15, 0.2) is 36.1 Å². The van der Waals surface area contributed by atoms with Crippen molar-refractivity contribution in [3.05, 3.63) is 41.7 Å². The Morgan fingerprint density at radius 1 is 1.47 bits per heavy atom. The normalized spacial score (nSPS) is 14.8. The molecule has 3 nitrogen and oxygen atoms in total. The Kier molecular flexibility index (Phi) is 3.81. The number of Topliss-reactive ketones (excluding diaryl/α,β-unsaturated/α-hetero) is 1. The second-order valence-corrected chi connectivity index (χ2v) is 4.01. The summed E-state index contributed by atoms with van der Waals surface area (Å²) in [5.41, 5.74) is 0.949. The molecule has 0 saturated carbocycles. The molecule has 0 fully saturated rings. The molecule has 1 aromatic rings. The highest BCUT2D eigenvalue weighted by molar-refractivity contribution is 5.95. The van der Waals surface area contributed by atoms with Crippen LogP contribution < -0.4 is 4.74 Å². The summed E-state index contributed by atoms with van der Waals surface area (Å²) in [5.74, 6) is 1.32. The van der Waals surface area contributed by atoms with E-state index in [0.717, 1.165) is 24.2 Å². The maximum absolute atomic E-state index is 11.9. The van der Waals surface area contributed by atoms with Crippen LogP contribution >= 0.6 is 0 Å². The Labute approximate surface area is 101 Å². The Hall–Kier alpha value is -1.77. The van der Waals surface area contributed by atoms with Crippen molar-refractivity contribution >= 4 is 5.78 Å². The number of ether oxygens (including phenoxy) is 2. The summed E-state index contributed by atoms with van der Waals surface area (Å²) in [5, 5.41) is 0. The maximum atomic E-state index is 11.9. The third kappa shape index (κ3) is 3.09. The number of allylic oxidation sites excluding steroid dienone is 2. The fourth-order valence-corrected chi connectivity index (χ4v) is 1.81. The van der Waals surface area contributed by atoms with E-state index in [1.165, 1.54) is 0 Å². The van der Waals surface area contributed by atoms with Crippen LogP contribution in [-0.4, -0.2) is 19.5 Å². The molecule has 17 heavy (non-hydrogen) atoms. The van der Waals surface area contributed by atoms with Crippen molar-refractivity contribution in [1.82, 2.24) is 0 Å². The molecule has 1 aromatic carbocycles. The van der Waals surface area contributed by atoms with Crippen LogP contribution in [0.2, 0.25) is 0 Å². The van der Waals surface area contributed by atoms with Crippen LogP contribution in [0.5, 0.6) is 5.75 Å². The predicted octanol–water partition coefficient (Wildman–Crippen LogP) is 2.50. The van der Waals surface area contributed by atoms with Crippen molar-refractivity contribution in [2.24, 2.45) is 0 Å². The minimum atomic E-state index is 0.0398. The Morgan fingerprint density at radius 3 is 3.06 bits per heavy atom. The van der Waals surface area contributed by atoms with E-state index in [4.69, 9.17) is 9.47 Å². The van der Waals surface area contributed by atoms with E-state index in [0.29, 0.717) is 18.8 Å². The maximum Gasteiger partial charge on any atom is 0.201 e. The Bertz CT molecular complexity index is 435. The van der Waals surface area contributed by atoms with E-state index in [9.17, 15) is 4.79 Å². The van der Waals surface area contributed by atoms with Crippen molar-refractivity contribution in [3.8, 4) is 5.75 Å². The lowest BCUT2D eigenvalue weighted by Gasteiger charge is -2.13. The van der Waals surface area contributed by atoms with Gasteiger partial charge in [0.25, 0.3) is 0 Å².